The molecule has 1 aliphatic heterocycles. The van der Waals surface area contributed by atoms with E-state index in [4.69, 9.17) is 5.73 Å². The average Bonchev–Trinajstić information content (AvgIpc) is 2.99. The number of carbonyl (C=O) groups is 1. The zero-order chi connectivity index (χ0) is 16.9. The largest absolute Gasteiger partial charge is 0.374 e. The molecule has 0 spiro atoms. The van der Waals surface area contributed by atoms with E-state index in [0.717, 1.165) is 49.6 Å². The number of nitrogens with one attached hydrogen (secondary N) is 1. The van der Waals surface area contributed by atoms with Crippen LogP contribution in [0.5, 0.6) is 0 Å². The summed E-state index contributed by atoms with van der Waals surface area (Å²) in [5, 5.41) is 12.3. The average molecular weight is 346 g/mol. The number of anilines is 2. The van der Waals surface area contributed by atoms with Crippen LogP contribution >= 0.6 is 11.3 Å². The number of amides is 1. The van der Waals surface area contributed by atoms with Crippen molar-refractivity contribution in [3.05, 3.63) is 28.9 Å². The summed E-state index contributed by atoms with van der Waals surface area (Å²) in [5.41, 5.74) is 6.50. The van der Waals surface area contributed by atoms with Crippen molar-refractivity contribution in [2.75, 3.05) is 30.7 Å². The van der Waals surface area contributed by atoms with E-state index in [1.54, 1.807) is 0 Å². The minimum atomic E-state index is 0.000511. The third-order valence-electron chi connectivity index (χ3n) is 4.14. The van der Waals surface area contributed by atoms with Gasteiger partial charge in [0.2, 0.25) is 11.0 Å². The number of aryl methyl sites for hydroxylation is 1. The molecule has 7 nitrogen and oxygen atoms in total. The molecule has 1 amide bonds. The van der Waals surface area contributed by atoms with E-state index in [1.807, 2.05) is 25.1 Å². The second-order valence-electron chi connectivity index (χ2n) is 6.08. The van der Waals surface area contributed by atoms with Crippen LogP contribution in [0.3, 0.4) is 0 Å². The lowest BCUT2D eigenvalue weighted by Crippen LogP contribution is -2.41. The maximum atomic E-state index is 12.5. The molecule has 1 aliphatic rings. The van der Waals surface area contributed by atoms with Gasteiger partial charge in [0.25, 0.3) is 0 Å². The molecule has 2 aromatic heterocycles. The Labute approximate surface area is 145 Å². The molecule has 0 radical (unpaired) electrons. The lowest BCUT2D eigenvalue weighted by Gasteiger charge is -2.31. The summed E-state index contributed by atoms with van der Waals surface area (Å²) < 4.78 is 0. The summed E-state index contributed by atoms with van der Waals surface area (Å²) in [6.45, 7) is 4.58. The molecule has 8 heteroatoms. The Morgan fingerprint density at radius 3 is 3.08 bits per heavy atom. The number of hydrogen-bond acceptors (Lipinski definition) is 7. The van der Waals surface area contributed by atoms with Crippen LogP contribution in [-0.2, 0) is 11.2 Å². The van der Waals surface area contributed by atoms with Gasteiger partial charge in [0.05, 0.1) is 5.92 Å². The van der Waals surface area contributed by atoms with E-state index in [-0.39, 0.29) is 11.8 Å². The number of nitrogens with two attached hydrogens (primary N) is 1. The van der Waals surface area contributed by atoms with Gasteiger partial charge in [-0.15, -0.1) is 10.2 Å². The number of aromatic nitrogens is 3. The Bertz CT molecular complexity index is 703. The molecule has 3 N–H and O–H groups in total. The van der Waals surface area contributed by atoms with E-state index in [1.165, 1.54) is 11.3 Å². The maximum absolute atomic E-state index is 12.5. The van der Waals surface area contributed by atoms with Crippen LogP contribution < -0.4 is 11.1 Å². The smallest absolute Gasteiger partial charge is 0.229 e. The highest BCUT2D eigenvalue weighted by Gasteiger charge is 2.26. The summed E-state index contributed by atoms with van der Waals surface area (Å²) in [5.74, 6) is 0.681. The van der Waals surface area contributed by atoms with Crippen LogP contribution in [0.4, 0.5) is 10.9 Å². The summed E-state index contributed by atoms with van der Waals surface area (Å²) >= 11 is 1.43. The number of nitrogen functional groups attached to an aromatic ring is 1. The molecule has 128 valence electrons. The van der Waals surface area contributed by atoms with Crippen molar-refractivity contribution in [3.63, 3.8) is 0 Å². The first-order valence-electron chi connectivity index (χ1n) is 8.15. The Hall–Kier alpha value is -2.06. The first kappa shape index (κ1) is 16.8. The first-order chi connectivity index (χ1) is 11.6. The molecule has 2 aromatic rings. The fraction of sp³-hybridized carbons (Fsp3) is 0.500. The van der Waals surface area contributed by atoms with Crippen LogP contribution in [0.2, 0.25) is 0 Å². The molecule has 1 fully saturated rings. The van der Waals surface area contributed by atoms with Crippen LogP contribution in [0.1, 0.15) is 23.5 Å². The predicted octanol–water partition coefficient (Wildman–Crippen LogP) is 1.72. The van der Waals surface area contributed by atoms with Gasteiger partial charge in [-0.3, -0.25) is 4.79 Å². The van der Waals surface area contributed by atoms with Crippen molar-refractivity contribution in [3.8, 4) is 0 Å². The highest BCUT2D eigenvalue weighted by atomic mass is 32.1. The van der Waals surface area contributed by atoms with Crippen LogP contribution in [-0.4, -0.2) is 45.6 Å². The molecule has 0 saturated carbocycles. The van der Waals surface area contributed by atoms with Gasteiger partial charge >= 0.3 is 0 Å². The molecular weight excluding hydrogens is 324 g/mol. The van der Waals surface area contributed by atoms with Gasteiger partial charge in [-0.05, 0) is 38.4 Å². The van der Waals surface area contributed by atoms with E-state index in [2.05, 4.69) is 25.4 Å². The quantitative estimate of drug-likeness (QED) is 0.855. The number of carbonyl (C=O) groups excluding carboxylic acids is 1. The van der Waals surface area contributed by atoms with Gasteiger partial charge in [-0.1, -0.05) is 17.4 Å². The third kappa shape index (κ3) is 4.48. The third-order valence-corrected chi connectivity index (χ3v) is 4.95. The van der Waals surface area contributed by atoms with Crippen LogP contribution in [0, 0.1) is 12.8 Å². The number of nitrogens with zero attached hydrogens (tertiary/aromatic N) is 4. The first-order valence-corrected chi connectivity index (χ1v) is 8.96. The number of hydrogen-bond donors (Lipinski definition) is 2. The molecule has 0 aliphatic carbocycles. The van der Waals surface area contributed by atoms with Crippen molar-refractivity contribution >= 4 is 28.2 Å². The number of piperidine rings is 1. The SMILES string of the molecule is Cc1cccc(NC(=O)[C@@H]2CCCN(CCc3nnc(N)s3)C2)n1. The Kier molecular flexibility index (Phi) is 5.37. The lowest BCUT2D eigenvalue weighted by molar-refractivity contribution is -0.121. The van der Waals surface area contributed by atoms with Gasteiger partial charge in [0.1, 0.15) is 10.8 Å². The molecule has 0 bridgehead atoms. The highest BCUT2D eigenvalue weighted by Crippen LogP contribution is 2.19. The molecule has 0 aromatic carbocycles. The van der Waals surface area contributed by atoms with Crippen molar-refractivity contribution in [2.24, 2.45) is 5.92 Å². The van der Waals surface area contributed by atoms with Gasteiger partial charge in [0.15, 0.2) is 0 Å². The number of pyridine rings is 1. The van der Waals surface area contributed by atoms with Crippen molar-refractivity contribution in [1.29, 1.82) is 0 Å². The molecular formula is C16H22N6OS. The minimum absolute atomic E-state index is 0.000511. The van der Waals surface area contributed by atoms with Crippen molar-refractivity contribution in [1.82, 2.24) is 20.1 Å². The van der Waals surface area contributed by atoms with Gasteiger partial charge in [-0.25, -0.2) is 4.98 Å². The molecule has 0 unspecified atom stereocenters. The summed E-state index contributed by atoms with van der Waals surface area (Å²) in [6, 6.07) is 5.64. The van der Waals surface area contributed by atoms with E-state index in [9.17, 15) is 4.79 Å². The number of rotatable bonds is 5. The summed E-state index contributed by atoms with van der Waals surface area (Å²) in [6.07, 6.45) is 2.76. The fourth-order valence-electron chi connectivity index (χ4n) is 2.93. The molecule has 1 saturated heterocycles. The highest BCUT2D eigenvalue weighted by molar-refractivity contribution is 7.15. The lowest BCUT2D eigenvalue weighted by atomic mass is 9.97. The molecule has 1 atom stereocenters. The second-order valence-corrected chi connectivity index (χ2v) is 7.17. The van der Waals surface area contributed by atoms with Gasteiger partial charge in [0, 0.05) is 25.2 Å². The zero-order valence-electron chi connectivity index (χ0n) is 13.7. The van der Waals surface area contributed by atoms with E-state index in [0.29, 0.717) is 10.9 Å². The summed E-state index contributed by atoms with van der Waals surface area (Å²) in [4.78, 5) is 19.1. The summed E-state index contributed by atoms with van der Waals surface area (Å²) in [7, 11) is 0. The van der Waals surface area contributed by atoms with Crippen molar-refractivity contribution in [2.45, 2.75) is 26.2 Å². The Morgan fingerprint density at radius 1 is 1.46 bits per heavy atom. The van der Waals surface area contributed by atoms with E-state index < -0.39 is 0 Å². The molecule has 3 rings (SSSR count). The molecule has 24 heavy (non-hydrogen) atoms. The van der Waals surface area contributed by atoms with E-state index >= 15 is 0 Å². The number of likely N-dealkylation sites (tertiary alicyclic amines) is 1. The Morgan fingerprint density at radius 2 is 2.33 bits per heavy atom. The van der Waals surface area contributed by atoms with Crippen molar-refractivity contribution < 1.29 is 4.79 Å². The standard InChI is InChI=1S/C16H22N6OS/c1-11-4-2-6-13(18-11)19-15(23)12-5-3-8-22(10-12)9-7-14-20-21-16(17)24-14/h2,4,6,12H,3,5,7-10H2,1H3,(H2,17,21)(H,18,19,23)/t12-/m1/s1. The zero-order valence-corrected chi connectivity index (χ0v) is 14.6. The van der Waals surface area contributed by atoms with Crippen LogP contribution in [0.15, 0.2) is 18.2 Å². The molecule has 3 heterocycles. The minimum Gasteiger partial charge on any atom is -0.374 e. The predicted molar refractivity (Wildman–Crippen MR) is 94.8 cm³/mol. The van der Waals surface area contributed by atoms with Gasteiger partial charge < -0.3 is 16.0 Å². The topological polar surface area (TPSA) is 97.0 Å². The second kappa shape index (κ2) is 7.67. The maximum Gasteiger partial charge on any atom is 0.229 e. The monoisotopic (exact) mass is 346 g/mol. The Balaban J connectivity index is 1.51. The van der Waals surface area contributed by atoms with Gasteiger partial charge in [-0.2, -0.15) is 0 Å². The van der Waals surface area contributed by atoms with Crippen LogP contribution in [0.25, 0.3) is 0 Å². The fourth-order valence-corrected chi connectivity index (χ4v) is 3.53. The normalized spacial score (nSPS) is 18.5.